The van der Waals surface area contributed by atoms with Gasteiger partial charge < -0.3 is 35.6 Å². The van der Waals surface area contributed by atoms with Crippen LogP contribution in [-0.2, 0) is 39.0 Å². The summed E-state index contributed by atoms with van der Waals surface area (Å²) in [6.45, 7) is 0.519. The van der Waals surface area contributed by atoms with Crippen LogP contribution in [0.4, 0.5) is 9.93 Å². The van der Waals surface area contributed by atoms with Gasteiger partial charge in [0.05, 0.1) is 6.08 Å². The van der Waals surface area contributed by atoms with Crippen LogP contribution in [0.15, 0.2) is 77.3 Å². The molecule has 1 aromatic heterocycles. The van der Waals surface area contributed by atoms with Crippen LogP contribution in [0.3, 0.4) is 0 Å². The SMILES string of the molecule is CC(C=C=O)(ON=C(C(=O)N[C@@H]1C(=O)N(S(=O)(=O)[O-])[C@@H]1COC(N)=O)c1csc(N)n1)OC(c1ccccc1)c1ccccc1.[Na+]. The Morgan fingerprint density at radius 2 is 1.78 bits per heavy atom. The molecule has 3 atom stereocenters. The van der Waals surface area contributed by atoms with E-state index in [9.17, 15) is 32.1 Å². The molecule has 4 rings (SSSR count). The zero-order chi connectivity index (χ0) is 32.8. The number of nitrogen functional groups attached to an aromatic ring is 1. The van der Waals surface area contributed by atoms with Crippen molar-refractivity contribution in [2.75, 3.05) is 12.3 Å². The molecule has 236 valence electrons. The van der Waals surface area contributed by atoms with E-state index in [2.05, 4.69) is 20.2 Å². The second kappa shape index (κ2) is 15.4. The van der Waals surface area contributed by atoms with E-state index in [1.54, 1.807) is 54.5 Å². The molecular formula is C27H25N6NaO10S2. The number of hydrogen-bond acceptors (Lipinski definition) is 14. The van der Waals surface area contributed by atoms with Crippen LogP contribution in [0.25, 0.3) is 0 Å². The first-order chi connectivity index (χ1) is 21.3. The molecule has 16 nitrogen and oxygen atoms in total. The van der Waals surface area contributed by atoms with Gasteiger partial charge in [0.2, 0.25) is 0 Å². The van der Waals surface area contributed by atoms with Gasteiger partial charge in [-0.25, -0.2) is 27.3 Å². The van der Waals surface area contributed by atoms with E-state index < -0.39 is 64.5 Å². The van der Waals surface area contributed by atoms with E-state index in [1.165, 1.54) is 12.3 Å². The van der Waals surface area contributed by atoms with Crippen molar-refractivity contribution in [3.05, 3.63) is 88.9 Å². The smallest absolute Gasteiger partial charge is 0.731 e. The Bertz CT molecular complexity index is 1710. The minimum Gasteiger partial charge on any atom is -0.731 e. The number of amides is 3. The minimum atomic E-state index is -5.33. The molecule has 1 aliphatic heterocycles. The maximum absolute atomic E-state index is 13.4. The summed E-state index contributed by atoms with van der Waals surface area (Å²) in [4.78, 5) is 58.2. The molecule has 0 spiro atoms. The number of nitrogens with one attached hydrogen (secondary N) is 1. The van der Waals surface area contributed by atoms with Gasteiger partial charge in [0.1, 0.15) is 36.4 Å². The Kier molecular flexibility index (Phi) is 12.2. The molecule has 0 saturated carbocycles. The first-order valence-electron chi connectivity index (χ1n) is 12.8. The number of anilines is 1. The fourth-order valence-corrected chi connectivity index (χ4v) is 5.63. The van der Waals surface area contributed by atoms with E-state index in [0.717, 1.165) is 17.4 Å². The van der Waals surface area contributed by atoms with Gasteiger partial charge in [0, 0.05) is 12.3 Å². The van der Waals surface area contributed by atoms with Crippen LogP contribution in [0, 0.1) is 0 Å². The number of oxime groups is 1. The van der Waals surface area contributed by atoms with E-state index in [-0.39, 0.29) is 44.7 Å². The monoisotopic (exact) mass is 680 g/mol. The summed E-state index contributed by atoms with van der Waals surface area (Å²) >= 11 is 0.935. The largest absolute Gasteiger partial charge is 1.00 e. The summed E-state index contributed by atoms with van der Waals surface area (Å²) in [5.74, 6) is -2.78. The number of hydrogen-bond donors (Lipinski definition) is 3. The first-order valence-corrected chi connectivity index (χ1v) is 15.1. The van der Waals surface area contributed by atoms with Crippen molar-refractivity contribution in [1.82, 2.24) is 14.6 Å². The molecule has 1 aliphatic rings. The van der Waals surface area contributed by atoms with Gasteiger partial charge in [0.15, 0.2) is 21.1 Å². The van der Waals surface area contributed by atoms with Crippen LogP contribution in [0.1, 0.15) is 29.8 Å². The Morgan fingerprint density at radius 1 is 1.20 bits per heavy atom. The molecule has 2 aromatic carbocycles. The molecule has 3 amide bonds. The van der Waals surface area contributed by atoms with Crippen LogP contribution in [0.5, 0.6) is 0 Å². The van der Waals surface area contributed by atoms with Crippen molar-refractivity contribution in [3.8, 4) is 0 Å². The molecular weight excluding hydrogens is 655 g/mol. The van der Waals surface area contributed by atoms with Gasteiger partial charge in [-0.3, -0.25) is 9.59 Å². The number of rotatable bonds is 13. The van der Waals surface area contributed by atoms with Crippen molar-refractivity contribution in [2.24, 2.45) is 10.9 Å². The van der Waals surface area contributed by atoms with Crippen molar-refractivity contribution >= 4 is 56.3 Å². The zero-order valence-corrected chi connectivity index (χ0v) is 27.9. The van der Waals surface area contributed by atoms with Gasteiger partial charge in [-0.2, -0.15) is 0 Å². The van der Waals surface area contributed by atoms with Gasteiger partial charge in [-0.15, -0.1) is 11.3 Å². The maximum Gasteiger partial charge on any atom is 1.00 e. The number of carbonyl (C=O) groups is 3. The number of aromatic nitrogens is 1. The fourth-order valence-electron chi connectivity index (χ4n) is 4.24. The third-order valence-electron chi connectivity index (χ3n) is 6.27. The Hall–Kier alpha value is -4.13. The molecule has 0 aliphatic carbocycles. The predicted molar refractivity (Wildman–Crippen MR) is 156 cm³/mol. The second-order valence-corrected chi connectivity index (χ2v) is 11.6. The third-order valence-corrected chi connectivity index (χ3v) is 7.87. The molecule has 1 fully saturated rings. The van der Waals surface area contributed by atoms with Crippen LogP contribution in [-0.4, -0.2) is 76.3 Å². The first kappa shape index (κ1) is 36.3. The fraction of sp³-hybridized carbons (Fsp3) is 0.222. The predicted octanol–water partition coefficient (Wildman–Crippen LogP) is -2.39. The van der Waals surface area contributed by atoms with Crippen LogP contribution >= 0.6 is 11.3 Å². The number of nitrogens with two attached hydrogens (primary N) is 2. The van der Waals surface area contributed by atoms with E-state index >= 15 is 0 Å². The van der Waals surface area contributed by atoms with Gasteiger partial charge >= 0.3 is 35.7 Å². The summed E-state index contributed by atoms with van der Waals surface area (Å²) in [5.41, 5.74) is 11.3. The molecule has 1 saturated heterocycles. The van der Waals surface area contributed by atoms with E-state index in [0.29, 0.717) is 11.1 Å². The summed E-state index contributed by atoms with van der Waals surface area (Å²) in [6, 6.07) is 14.7. The van der Waals surface area contributed by atoms with Gasteiger partial charge in [-0.05, 0) is 11.1 Å². The molecule has 2 heterocycles. The number of β-lactam (4-membered cyclic amide) rings is 1. The van der Waals surface area contributed by atoms with Crippen molar-refractivity contribution in [1.29, 1.82) is 0 Å². The zero-order valence-electron chi connectivity index (χ0n) is 24.3. The average molecular weight is 681 g/mol. The molecule has 1 unspecified atom stereocenters. The Balaban J connectivity index is 0.00000576. The summed E-state index contributed by atoms with van der Waals surface area (Å²) < 4.78 is 45.5. The molecule has 3 aromatic rings. The second-order valence-electron chi connectivity index (χ2n) is 9.44. The number of benzene rings is 2. The molecule has 46 heavy (non-hydrogen) atoms. The third kappa shape index (κ3) is 8.77. The Labute approximate surface area is 288 Å². The maximum atomic E-state index is 13.4. The van der Waals surface area contributed by atoms with E-state index in [4.69, 9.17) is 21.0 Å². The molecule has 0 radical (unpaired) electrons. The number of nitrogens with zero attached hydrogens (tertiary/aromatic N) is 3. The van der Waals surface area contributed by atoms with Crippen LogP contribution < -0.4 is 46.3 Å². The summed E-state index contributed by atoms with van der Waals surface area (Å²) in [6.07, 6.45) is -1.21. The van der Waals surface area contributed by atoms with Crippen molar-refractivity contribution < 1.29 is 76.0 Å². The molecule has 5 N–H and O–H groups in total. The van der Waals surface area contributed by atoms with Gasteiger partial charge in [0.25, 0.3) is 17.6 Å². The summed E-state index contributed by atoms with van der Waals surface area (Å²) in [5, 5.41) is 7.49. The van der Waals surface area contributed by atoms with Crippen molar-refractivity contribution in [3.63, 3.8) is 0 Å². The topological polar surface area (TPSA) is 246 Å². The quantitative estimate of drug-likeness (QED) is 0.0326. The number of carbonyl (C=O) groups excluding carboxylic acids is 4. The average Bonchev–Trinajstić information content (AvgIpc) is 3.42. The van der Waals surface area contributed by atoms with Gasteiger partial charge in [-0.1, -0.05) is 65.8 Å². The molecule has 19 heteroatoms. The normalized spacial score (nSPS) is 17.5. The Morgan fingerprint density at radius 3 is 2.26 bits per heavy atom. The van der Waals surface area contributed by atoms with E-state index in [1.807, 2.05) is 12.1 Å². The summed E-state index contributed by atoms with van der Waals surface area (Å²) in [7, 11) is -5.33. The number of ether oxygens (including phenoxy) is 2. The number of thiazole rings is 1. The van der Waals surface area contributed by atoms with Crippen molar-refractivity contribution in [2.45, 2.75) is 30.9 Å². The molecule has 0 bridgehead atoms. The van der Waals surface area contributed by atoms with Crippen LogP contribution in [0.2, 0.25) is 0 Å². The number of primary amides is 1. The minimum absolute atomic E-state index is 0. The standard InChI is InChI=1S/C27H26N6O10S2.Na/c1-27(12-13-34,42-22(16-8-4-2-5-9-16)17-10-6-3-7-11-17)43-32-20(18-15-44-25(28)30-18)23(35)31-21-19(14-41-26(29)37)33(24(21)36)45(38,39)40;/h2-12,15,19,21-22H,14H2,1H3,(H2,28,30)(H2,29,37)(H,31,35)(H,38,39,40);/q;+1/p-1/t19-,21+,27?;/m1./s1.